The Bertz CT molecular complexity index is 748. The van der Waals surface area contributed by atoms with E-state index in [2.05, 4.69) is 5.32 Å². The first-order chi connectivity index (χ1) is 12.3. The van der Waals surface area contributed by atoms with Crippen molar-refractivity contribution < 1.29 is 19.4 Å². The molecular weight excluding hydrogens is 330 g/mol. The Morgan fingerprint density at radius 3 is 2.58 bits per heavy atom. The predicted molar refractivity (Wildman–Crippen MR) is 102 cm³/mol. The molecule has 0 bridgehead atoms. The number of hydrogen-bond acceptors (Lipinski definition) is 4. The minimum atomic E-state index is -0.518. The fraction of sp³-hybridized carbons (Fsp3) is 0.286. The summed E-state index contributed by atoms with van der Waals surface area (Å²) in [6.07, 6.45) is 3.18. The lowest BCUT2D eigenvalue weighted by molar-refractivity contribution is 0.0534. The van der Waals surface area contributed by atoms with E-state index in [1.165, 1.54) is 0 Å². The summed E-state index contributed by atoms with van der Waals surface area (Å²) >= 11 is 0. The molecule has 0 heterocycles. The molecule has 0 aliphatic heterocycles. The molecule has 0 atom stereocenters. The van der Waals surface area contributed by atoms with Gasteiger partial charge in [-0.25, -0.2) is 4.79 Å². The Kier molecular flexibility index (Phi) is 6.67. The fourth-order valence-corrected chi connectivity index (χ4v) is 2.14. The van der Waals surface area contributed by atoms with Gasteiger partial charge in [-0.2, -0.15) is 0 Å². The number of aromatic hydroxyl groups is 1. The Labute approximate surface area is 154 Å². The van der Waals surface area contributed by atoms with Crippen LogP contribution in [-0.2, 0) is 11.3 Å². The molecule has 0 spiro atoms. The normalized spacial score (nSPS) is 11.3. The molecule has 5 heteroatoms. The third-order valence-corrected chi connectivity index (χ3v) is 3.29. The molecule has 0 aromatic heterocycles. The molecule has 0 aliphatic carbocycles. The van der Waals surface area contributed by atoms with Crippen molar-refractivity contribution in [2.45, 2.75) is 33.0 Å². The van der Waals surface area contributed by atoms with E-state index in [-0.39, 0.29) is 5.75 Å². The van der Waals surface area contributed by atoms with E-state index in [0.29, 0.717) is 18.9 Å². The monoisotopic (exact) mass is 355 g/mol. The largest absolute Gasteiger partial charge is 0.504 e. The molecule has 0 aliphatic rings. The minimum Gasteiger partial charge on any atom is -0.504 e. The molecule has 0 saturated carbocycles. The summed E-state index contributed by atoms with van der Waals surface area (Å²) in [7, 11) is 0. The number of rotatable bonds is 6. The van der Waals surface area contributed by atoms with Gasteiger partial charge in [-0.15, -0.1) is 0 Å². The van der Waals surface area contributed by atoms with Crippen molar-refractivity contribution in [3.05, 3.63) is 65.7 Å². The van der Waals surface area contributed by atoms with Gasteiger partial charge in [-0.05, 0) is 44.0 Å². The van der Waals surface area contributed by atoms with Crippen molar-refractivity contribution in [3.63, 3.8) is 0 Å². The van der Waals surface area contributed by atoms with Crippen molar-refractivity contribution in [1.29, 1.82) is 0 Å². The molecule has 1 amide bonds. The number of carbonyl (C=O) groups excluding carboxylic acids is 1. The summed E-state index contributed by atoms with van der Waals surface area (Å²) in [5.41, 5.74) is 1.36. The Hall–Kier alpha value is -2.95. The zero-order valence-electron chi connectivity index (χ0n) is 15.4. The highest BCUT2D eigenvalue weighted by Crippen LogP contribution is 2.28. The fourth-order valence-electron chi connectivity index (χ4n) is 2.14. The van der Waals surface area contributed by atoms with Gasteiger partial charge >= 0.3 is 6.09 Å². The van der Waals surface area contributed by atoms with E-state index in [1.807, 2.05) is 57.2 Å². The molecule has 2 N–H and O–H groups in total. The van der Waals surface area contributed by atoms with E-state index in [0.717, 1.165) is 11.1 Å². The summed E-state index contributed by atoms with van der Waals surface area (Å²) in [5, 5.41) is 12.6. The van der Waals surface area contributed by atoms with E-state index < -0.39 is 11.7 Å². The van der Waals surface area contributed by atoms with Crippen LogP contribution in [0.2, 0.25) is 0 Å². The lowest BCUT2D eigenvalue weighted by Crippen LogP contribution is -2.32. The lowest BCUT2D eigenvalue weighted by atomic mass is 10.2. The van der Waals surface area contributed by atoms with Gasteiger partial charge in [0.25, 0.3) is 0 Å². The minimum absolute atomic E-state index is 0.0879. The highest BCUT2D eigenvalue weighted by molar-refractivity contribution is 5.68. The summed E-state index contributed by atoms with van der Waals surface area (Å²) in [5.74, 6) is 0.501. The second-order valence-corrected chi connectivity index (χ2v) is 6.79. The molecule has 26 heavy (non-hydrogen) atoms. The quantitative estimate of drug-likeness (QED) is 0.800. The summed E-state index contributed by atoms with van der Waals surface area (Å²) in [6.45, 7) is 6.17. The van der Waals surface area contributed by atoms with Gasteiger partial charge in [0.2, 0.25) is 0 Å². The van der Waals surface area contributed by atoms with Crippen molar-refractivity contribution in [1.82, 2.24) is 5.32 Å². The number of hydrogen-bond donors (Lipinski definition) is 2. The van der Waals surface area contributed by atoms with Crippen molar-refractivity contribution in [3.8, 4) is 11.5 Å². The average molecular weight is 355 g/mol. The van der Waals surface area contributed by atoms with Gasteiger partial charge in [0.1, 0.15) is 12.2 Å². The molecule has 2 rings (SSSR count). The van der Waals surface area contributed by atoms with Crippen LogP contribution in [0.3, 0.4) is 0 Å². The smallest absolute Gasteiger partial charge is 0.407 e. The summed E-state index contributed by atoms with van der Waals surface area (Å²) in [6, 6.07) is 14.9. The number of nitrogens with one attached hydrogen (secondary N) is 1. The Morgan fingerprint density at radius 1 is 1.15 bits per heavy atom. The van der Waals surface area contributed by atoms with Gasteiger partial charge in [0.05, 0.1) is 0 Å². The second-order valence-electron chi connectivity index (χ2n) is 6.79. The topological polar surface area (TPSA) is 67.8 Å². The number of benzene rings is 2. The number of amides is 1. The first-order valence-corrected chi connectivity index (χ1v) is 8.46. The van der Waals surface area contributed by atoms with Crippen LogP contribution in [0.5, 0.6) is 11.5 Å². The van der Waals surface area contributed by atoms with E-state index in [1.54, 1.807) is 24.3 Å². The molecule has 0 unspecified atom stereocenters. The maximum atomic E-state index is 11.6. The average Bonchev–Trinajstić information content (AvgIpc) is 2.58. The van der Waals surface area contributed by atoms with Crippen molar-refractivity contribution in [2.75, 3.05) is 6.54 Å². The number of phenols is 1. The highest BCUT2D eigenvalue weighted by atomic mass is 16.6. The van der Waals surface area contributed by atoms with Gasteiger partial charge in [-0.3, -0.25) is 0 Å². The van der Waals surface area contributed by atoms with Gasteiger partial charge in [0.15, 0.2) is 11.5 Å². The first kappa shape index (κ1) is 19.4. The van der Waals surface area contributed by atoms with Crippen LogP contribution < -0.4 is 10.1 Å². The van der Waals surface area contributed by atoms with Gasteiger partial charge < -0.3 is 19.9 Å². The van der Waals surface area contributed by atoms with Crippen LogP contribution in [0.15, 0.2) is 54.6 Å². The summed E-state index contributed by atoms with van der Waals surface area (Å²) in [4.78, 5) is 11.6. The van der Waals surface area contributed by atoms with Crippen LogP contribution in [0, 0.1) is 0 Å². The Balaban J connectivity index is 1.89. The van der Waals surface area contributed by atoms with Gasteiger partial charge in [0, 0.05) is 6.54 Å². The maximum Gasteiger partial charge on any atom is 0.407 e. The van der Waals surface area contributed by atoms with Crippen molar-refractivity contribution >= 4 is 12.2 Å². The second kappa shape index (κ2) is 8.94. The molecule has 2 aromatic rings. The number of ether oxygens (including phenoxy) is 2. The molecule has 2 aromatic carbocycles. The zero-order chi connectivity index (χ0) is 19.0. The molecular formula is C21H25NO4. The van der Waals surface area contributed by atoms with Crippen LogP contribution in [0.25, 0.3) is 6.08 Å². The van der Waals surface area contributed by atoms with Crippen LogP contribution in [0.4, 0.5) is 4.79 Å². The van der Waals surface area contributed by atoms with Crippen molar-refractivity contribution in [2.24, 2.45) is 0 Å². The number of carbonyl (C=O) groups is 1. The standard InChI is InChI=1S/C21H25NO4/c1-21(2,3)26-20(24)22-13-7-10-16-11-12-18(23)19(14-16)25-15-17-8-5-4-6-9-17/h4-12,14,23H,13,15H2,1-3H3,(H,22,24). The predicted octanol–water partition coefficient (Wildman–Crippen LogP) is 4.51. The van der Waals surface area contributed by atoms with E-state index in [4.69, 9.17) is 9.47 Å². The highest BCUT2D eigenvalue weighted by Gasteiger charge is 2.14. The van der Waals surface area contributed by atoms with Crippen LogP contribution in [-0.4, -0.2) is 23.3 Å². The van der Waals surface area contributed by atoms with E-state index >= 15 is 0 Å². The Morgan fingerprint density at radius 2 is 1.88 bits per heavy atom. The summed E-state index contributed by atoms with van der Waals surface area (Å²) < 4.78 is 10.9. The number of alkyl carbamates (subject to hydrolysis) is 1. The molecule has 0 fully saturated rings. The zero-order valence-corrected chi connectivity index (χ0v) is 15.4. The van der Waals surface area contributed by atoms with Crippen LogP contribution >= 0.6 is 0 Å². The third-order valence-electron chi connectivity index (χ3n) is 3.29. The first-order valence-electron chi connectivity index (χ1n) is 8.46. The van der Waals surface area contributed by atoms with Gasteiger partial charge in [-0.1, -0.05) is 48.6 Å². The lowest BCUT2D eigenvalue weighted by Gasteiger charge is -2.19. The number of phenolic OH excluding ortho intramolecular Hbond substituents is 1. The molecule has 0 radical (unpaired) electrons. The maximum absolute atomic E-state index is 11.6. The third kappa shape index (κ3) is 6.89. The molecule has 5 nitrogen and oxygen atoms in total. The molecule has 138 valence electrons. The van der Waals surface area contributed by atoms with E-state index in [9.17, 15) is 9.90 Å². The van der Waals surface area contributed by atoms with Crippen LogP contribution in [0.1, 0.15) is 31.9 Å². The molecule has 0 saturated heterocycles. The SMILES string of the molecule is CC(C)(C)OC(=O)NCC=Cc1ccc(O)c(OCc2ccccc2)c1.